The number of nitrogens with two attached hydrogens (primary N) is 1. The van der Waals surface area contributed by atoms with Crippen molar-refractivity contribution in [2.75, 3.05) is 19.0 Å². The summed E-state index contributed by atoms with van der Waals surface area (Å²) in [5, 5.41) is 3.10. The fraction of sp³-hybridized carbons (Fsp3) is 0.462. The molecule has 20 heavy (non-hydrogen) atoms. The van der Waals surface area contributed by atoms with Crippen LogP contribution in [0.25, 0.3) is 0 Å². The zero-order valence-electron chi connectivity index (χ0n) is 11.3. The third-order valence-electron chi connectivity index (χ3n) is 2.82. The lowest BCUT2D eigenvalue weighted by Gasteiger charge is -2.19. The van der Waals surface area contributed by atoms with E-state index in [1.54, 1.807) is 7.11 Å². The van der Waals surface area contributed by atoms with Gasteiger partial charge in [0.05, 0.1) is 12.2 Å². The highest BCUT2D eigenvalue weighted by atomic mass is 32.1. The first-order valence-corrected chi connectivity index (χ1v) is 6.47. The van der Waals surface area contributed by atoms with Crippen molar-refractivity contribution >= 4 is 22.9 Å². The lowest BCUT2D eigenvalue weighted by atomic mass is 10.1. The van der Waals surface area contributed by atoms with E-state index in [1.165, 1.54) is 12.1 Å². The molecule has 0 heterocycles. The van der Waals surface area contributed by atoms with Gasteiger partial charge in [0.25, 0.3) is 0 Å². The standard InChI is InChI=1S/C13H17F3N2OS/c1-3-8(7-19-2)18-9-4-5-11(13(14,15)16)10(6-9)12(17)20/h4-6,8,18H,3,7H2,1-2H3,(H2,17,20). The quantitative estimate of drug-likeness (QED) is 0.793. The molecule has 0 aliphatic rings. The third-order valence-corrected chi connectivity index (χ3v) is 3.04. The maximum atomic E-state index is 12.8. The second-order valence-electron chi connectivity index (χ2n) is 4.33. The molecule has 0 spiro atoms. The molecule has 0 amide bonds. The minimum Gasteiger partial charge on any atom is -0.389 e. The first-order valence-electron chi connectivity index (χ1n) is 6.06. The number of ether oxygens (including phenoxy) is 1. The van der Waals surface area contributed by atoms with Crippen LogP contribution in [-0.2, 0) is 10.9 Å². The van der Waals surface area contributed by atoms with Crippen LogP contribution in [0.4, 0.5) is 18.9 Å². The van der Waals surface area contributed by atoms with Gasteiger partial charge in [-0.25, -0.2) is 0 Å². The number of alkyl halides is 3. The van der Waals surface area contributed by atoms with Crippen molar-refractivity contribution in [1.82, 2.24) is 0 Å². The van der Waals surface area contributed by atoms with Crippen molar-refractivity contribution in [3.8, 4) is 0 Å². The largest absolute Gasteiger partial charge is 0.417 e. The van der Waals surface area contributed by atoms with Crippen LogP contribution in [0.15, 0.2) is 18.2 Å². The fourth-order valence-electron chi connectivity index (χ4n) is 1.78. The lowest BCUT2D eigenvalue weighted by Crippen LogP contribution is -2.25. The van der Waals surface area contributed by atoms with Gasteiger partial charge in [0.2, 0.25) is 0 Å². The molecular formula is C13H17F3N2OS. The molecule has 1 aromatic rings. The Morgan fingerprint density at radius 3 is 2.55 bits per heavy atom. The third kappa shape index (κ3) is 4.35. The van der Waals surface area contributed by atoms with E-state index >= 15 is 0 Å². The van der Waals surface area contributed by atoms with Crippen LogP contribution in [0.5, 0.6) is 0 Å². The van der Waals surface area contributed by atoms with Gasteiger partial charge in [-0.3, -0.25) is 0 Å². The summed E-state index contributed by atoms with van der Waals surface area (Å²) in [7, 11) is 1.57. The molecule has 0 saturated carbocycles. The van der Waals surface area contributed by atoms with Crippen molar-refractivity contribution in [3.63, 3.8) is 0 Å². The Kier molecular flexibility index (Phi) is 5.76. The summed E-state index contributed by atoms with van der Waals surface area (Å²) in [4.78, 5) is -0.277. The van der Waals surface area contributed by atoms with E-state index < -0.39 is 11.7 Å². The summed E-state index contributed by atoms with van der Waals surface area (Å²) < 4.78 is 43.5. The highest BCUT2D eigenvalue weighted by Gasteiger charge is 2.34. The number of hydrogen-bond donors (Lipinski definition) is 2. The second kappa shape index (κ2) is 6.90. The molecule has 0 saturated heterocycles. The van der Waals surface area contributed by atoms with Crippen LogP contribution in [0.1, 0.15) is 24.5 Å². The fourth-order valence-corrected chi connectivity index (χ4v) is 1.95. The van der Waals surface area contributed by atoms with Crippen LogP contribution >= 0.6 is 12.2 Å². The van der Waals surface area contributed by atoms with Gasteiger partial charge >= 0.3 is 6.18 Å². The van der Waals surface area contributed by atoms with Crippen LogP contribution in [-0.4, -0.2) is 24.7 Å². The molecule has 0 bridgehead atoms. The molecule has 0 aromatic heterocycles. The molecule has 1 atom stereocenters. The zero-order valence-corrected chi connectivity index (χ0v) is 12.1. The Bertz CT molecular complexity index is 477. The maximum absolute atomic E-state index is 12.8. The second-order valence-corrected chi connectivity index (χ2v) is 4.77. The van der Waals surface area contributed by atoms with Gasteiger partial charge in [-0.15, -0.1) is 0 Å². The van der Waals surface area contributed by atoms with Gasteiger partial charge in [0, 0.05) is 24.4 Å². The first kappa shape index (κ1) is 16.7. The van der Waals surface area contributed by atoms with Crippen LogP contribution in [0.3, 0.4) is 0 Å². The number of nitrogens with one attached hydrogen (secondary N) is 1. The molecule has 0 aliphatic heterocycles. The van der Waals surface area contributed by atoms with Gasteiger partial charge in [-0.05, 0) is 24.6 Å². The highest BCUT2D eigenvalue weighted by molar-refractivity contribution is 7.80. The molecule has 0 fully saturated rings. The maximum Gasteiger partial charge on any atom is 0.417 e. The Labute approximate surface area is 121 Å². The van der Waals surface area contributed by atoms with Crippen molar-refractivity contribution < 1.29 is 17.9 Å². The monoisotopic (exact) mass is 306 g/mol. The zero-order chi connectivity index (χ0) is 15.3. The number of anilines is 1. The summed E-state index contributed by atoms with van der Waals surface area (Å²) in [5.74, 6) is 0. The number of hydrogen-bond acceptors (Lipinski definition) is 3. The van der Waals surface area contributed by atoms with Crippen molar-refractivity contribution in [1.29, 1.82) is 0 Å². The van der Waals surface area contributed by atoms with Gasteiger partial charge in [-0.2, -0.15) is 13.2 Å². The summed E-state index contributed by atoms with van der Waals surface area (Å²) in [6.45, 7) is 2.41. The van der Waals surface area contributed by atoms with Gasteiger partial charge in [-0.1, -0.05) is 19.1 Å². The number of benzene rings is 1. The molecule has 1 aromatic carbocycles. The van der Waals surface area contributed by atoms with E-state index in [-0.39, 0.29) is 16.6 Å². The highest BCUT2D eigenvalue weighted by Crippen LogP contribution is 2.33. The van der Waals surface area contributed by atoms with Crippen LogP contribution in [0, 0.1) is 0 Å². The van der Waals surface area contributed by atoms with Crippen LogP contribution < -0.4 is 11.1 Å². The predicted molar refractivity (Wildman–Crippen MR) is 76.9 cm³/mol. The number of thiocarbonyl (C=S) groups is 1. The van der Waals surface area contributed by atoms with E-state index in [9.17, 15) is 13.2 Å². The van der Waals surface area contributed by atoms with E-state index in [2.05, 4.69) is 5.32 Å². The van der Waals surface area contributed by atoms with E-state index in [1.807, 2.05) is 6.92 Å². The molecule has 0 aliphatic carbocycles. The average molecular weight is 306 g/mol. The number of halogens is 3. The molecule has 1 rings (SSSR count). The van der Waals surface area contributed by atoms with Gasteiger partial charge in [0.1, 0.15) is 4.99 Å². The molecule has 1 unspecified atom stereocenters. The number of methoxy groups -OCH3 is 1. The number of rotatable bonds is 6. The summed E-state index contributed by atoms with van der Waals surface area (Å²) in [6, 6.07) is 3.68. The smallest absolute Gasteiger partial charge is 0.389 e. The normalized spacial score (nSPS) is 13.1. The van der Waals surface area contributed by atoms with Crippen molar-refractivity contribution in [2.24, 2.45) is 5.73 Å². The molecular weight excluding hydrogens is 289 g/mol. The summed E-state index contributed by atoms with van der Waals surface area (Å²) in [6.07, 6.45) is -3.70. The lowest BCUT2D eigenvalue weighted by molar-refractivity contribution is -0.137. The van der Waals surface area contributed by atoms with Crippen LogP contribution in [0.2, 0.25) is 0 Å². The first-order chi connectivity index (χ1) is 9.29. The molecule has 112 valence electrons. The molecule has 0 radical (unpaired) electrons. The van der Waals surface area contributed by atoms with E-state index in [0.717, 1.165) is 12.5 Å². The van der Waals surface area contributed by atoms with Gasteiger partial charge < -0.3 is 15.8 Å². The Morgan fingerprint density at radius 2 is 2.10 bits per heavy atom. The van der Waals surface area contributed by atoms with Gasteiger partial charge in [0.15, 0.2) is 0 Å². The molecule has 7 heteroatoms. The van der Waals surface area contributed by atoms with Crippen molar-refractivity contribution in [3.05, 3.63) is 29.3 Å². The van der Waals surface area contributed by atoms with E-state index in [0.29, 0.717) is 12.3 Å². The molecule has 3 N–H and O–H groups in total. The Morgan fingerprint density at radius 1 is 1.45 bits per heavy atom. The van der Waals surface area contributed by atoms with Crippen molar-refractivity contribution in [2.45, 2.75) is 25.6 Å². The minimum absolute atomic E-state index is 0.0101. The summed E-state index contributed by atoms with van der Waals surface area (Å²) in [5.41, 5.74) is 4.91. The topological polar surface area (TPSA) is 47.3 Å². The van der Waals surface area contributed by atoms with E-state index in [4.69, 9.17) is 22.7 Å². The summed E-state index contributed by atoms with van der Waals surface area (Å²) >= 11 is 4.70. The predicted octanol–water partition coefficient (Wildman–Crippen LogP) is 3.18. The minimum atomic E-state index is -4.48. The Hall–Kier alpha value is -1.34. The Balaban J connectivity index is 3.08. The SMILES string of the molecule is CCC(COC)Nc1ccc(C(F)(F)F)c(C(N)=S)c1. The molecule has 3 nitrogen and oxygen atoms in total. The average Bonchev–Trinajstić information content (AvgIpc) is 2.36.